The average Bonchev–Trinajstić information content (AvgIpc) is 3.02. The maximum absolute atomic E-state index is 12.2. The molecule has 0 unspecified atom stereocenters. The molecule has 1 heterocycles. The first kappa shape index (κ1) is 19.1. The molecule has 1 aliphatic heterocycles. The minimum atomic E-state index is -0.535. The van der Waals surface area contributed by atoms with E-state index in [1.54, 1.807) is 31.2 Å². The fourth-order valence-electron chi connectivity index (χ4n) is 2.37. The van der Waals surface area contributed by atoms with Crippen LogP contribution >= 0.6 is 22.6 Å². The number of nitrogens with zero attached hydrogens (tertiary/aromatic N) is 1. The summed E-state index contributed by atoms with van der Waals surface area (Å²) in [5, 5.41) is 0. The predicted octanol–water partition coefficient (Wildman–Crippen LogP) is 3.96. The van der Waals surface area contributed by atoms with E-state index >= 15 is 0 Å². The number of hydrogen-bond acceptors (Lipinski definition) is 6. The van der Waals surface area contributed by atoms with Gasteiger partial charge in [-0.1, -0.05) is 19.1 Å². The summed E-state index contributed by atoms with van der Waals surface area (Å²) in [4.78, 5) is 28.0. The van der Waals surface area contributed by atoms with E-state index in [2.05, 4.69) is 27.6 Å². The number of halogens is 1. The van der Waals surface area contributed by atoms with E-state index in [1.807, 2.05) is 24.3 Å². The molecule has 0 aromatic heterocycles. The van der Waals surface area contributed by atoms with Crippen molar-refractivity contribution >= 4 is 46.5 Å². The number of hydrogen-bond donors (Lipinski definition) is 0. The van der Waals surface area contributed by atoms with Crippen LogP contribution in [-0.2, 0) is 14.3 Å². The van der Waals surface area contributed by atoms with Gasteiger partial charge in [0, 0.05) is 15.6 Å². The van der Waals surface area contributed by atoms with E-state index < -0.39 is 5.97 Å². The number of esters is 2. The largest absolute Gasteiger partial charge is 0.493 e. The van der Waals surface area contributed by atoms with Gasteiger partial charge in [0.05, 0.1) is 7.11 Å². The van der Waals surface area contributed by atoms with Crippen molar-refractivity contribution in [1.82, 2.24) is 0 Å². The summed E-state index contributed by atoms with van der Waals surface area (Å²) >= 11 is 2.18. The van der Waals surface area contributed by atoms with E-state index in [0.717, 1.165) is 9.13 Å². The van der Waals surface area contributed by atoms with E-state index in [-0.39, 0.29) is 29.7 Å². The van der Waals surface area contributed by atoms with Crippen molar-refractivity contribution in [1.29, 1.82) is 0 Å². The van der Waals surface area contributed by atoms with Crippen LogP contribution in [0.4, 0.5) is 0 Å². The summed E-state index contributed by atoms with van der Waals surface area (Å²) in [5.41, 5.74) is 1.53. The maximum atomic E-state index is 12.2. The standard InChI is InChI=1S/C20H16INO5/c1-3-18(23)26-17-10-12(7-8-16(17)25-2)9-15-20(24)27-19(22-15)13-5-4-6-14(21)11-13/h4-11H,3H2,1-2H3. The Balaban J connectivity index is 1.92. The van der Waals surface area contributed by atoms with Gasteiger partial charge in [-0.15, -0.1) is 0 Å². The number of aliphatic imine (C=N–C) groups is 1. The van der Waals surface area contributed by atoms with Crippen LogP contribution in [0.15, 0.2) is 53.2 Å². The fraction of sp³-hybridized carbons (Fsp3) is 0.150. The first-order chi connectivity index (χ1) is 13.0. The van der Waals surface area contributed by atoms with Crippen LogP contribution in [-0.4, -0.2) is 24.9 Å². The highest BCUT2D eigenvalue weighted by atomic mass is 127. The molecular weight excluding hydrogens is 461 g/mol. The molecule has 3 rings (SSSR count). The van der Waals surface area contributed by atoms with Crippen molar-refractivity contribution in [3.05, 3.63) is 62.9 Å². The van der Waals surface area contributed by atoms with E-state index in [0.29, 0.717) is 11.3 Å². The van der Waals surface area contributed by atoms with Crippen molar-refractivity contribution in [3.8, 4) is 11.5 Å². The molecular formula is C20H16INO5. The van der Waals surface area contributed by atoms with Gasteiger partial charge in [0.1, 0.15) is 0 Å². The molecule has 0 saturated carbocycles. The van der Waals surface area contributed by atoms with Gasteiger partial charge in [-0.2, -0.15) is 0 Å². The summed E-state index contributed by atoms with van der Waals surface area (Å²) in [6.45, 7) is 1.70. The number of carbonyl (C=O) groups excluding carboxylic acids is 2. The predicted molar refractivity (Wildman–Crippen MR) is 109 cm³/mol. The molecule has 0 saturated heterocycles. The van der Waals surface area contributed by atoms with Crippen LogP contribution in [0, 0.1) is 3.57 Å². The van der Waals surface area contributed by atoms with Gasteiger partial charge in [0.15, 0.2) is 17.2 Å². The summed E-state index contributed by atoms with van der Waals surface area (Å²) in [7, 11) is 1.49. The van der Waals surface area contributed by atoms with Crippen LogP contribution in [0.5, 0.6) is 11.5 Å². The van der Waals surface area contributed by atoms with Crippen LogP contribution in [0.25, 0.3) is 6.08 Å². The highest BCUT2D eigenvalue weighted by Gasteiger charge is 2.24. The molecule has 0 fully saturated rings. The van der Waals surface area contributed by atoms with Gasteiger partial charge >= 0.3 is 11.9 Å². The molecule has 0 aliphatic carbocycles. The van der Waals surface area contributed by atoms with Crippen molar-refractivity contribution in [2.24, 2.45) is 4.99 Å². The van der Waals surface area contributed by atoms with E-state index in [4.69, 9.17) is 14.2 Å². The average molecular weight is 477 g/mol. The highest BCUT2D eigenvalue weighted by molar-refractivity contribution is 14.1. The lowest BCUT2D eigenvalue weighted by Gasteiger charge is -2.09. The number of ether oxygens (including phenoxy) is 3. The smallest absolute Gasteiger partial charge is 0.363 e. The van der Waals surface area contributed by atoms with Gasteiger partial charge in [-0.25, -0.2) is 9.79 Å². The fourth-order valence-corrected chi connectivity index (χ4v) is 2.91. The Bertz CT molecular complexity index is 965. The van der Waals surface area contributed by atoms with Gasteiger partial charge < -0.3 is 14.2 Å². The van der Waals surface area contributed by atoms with E-state index in [1.165, 1.54) is 7.11 Å². The first-order valence-corrected chi connectivity index (χ1v) is 9.25. The minimum Gasteiger partial charge on any atom is -0.493 e. The van der Waals surface area contributed by atoms with E-state index in [9.17, 15) is 9.59 Å². The quantitative estimate of drug-likeness (QED) is 0.282. The SMILES string of the molecule is CCC(=O)Oc1cc(C=C2N=C(c3cccc(I)c3)OC2=O)ccc1OC. The third-order valence-corrected chi connectivity index (χ3v) is 4.37. The third kappa shape index (κ3) is 4.54. The van der Waals surface area contributed by atoms with Crippen LogP contribution in [0.2, 0.25) is 0 Å². The normalized spacial score (nSPS) is 14.7. The molecule has 0 amide bonds. The summed E-state index contributed by atoms with van der Waals surface area (Å²) in [5.74, 6) is 0.0583. The molecule has 0 bridgehead atoms. The second-order valence-corrected chi connectivity index (χ2v) is 6.83. The van der Waals surface area contributed by atoms with Gasteiger partial charge in [0.25, 0.3) is 0 Å². The molecule has 2 aromatic rings. The summed E-state index contributed by atoms with van der Waals surface area (Å²) in [6.07, 6.45) is 1.82. The number of cyclic esters (lactones) is 1. The zero-order valence-corrected chi connectivity index (χ0v) is 16.8. The summed E-state index contributed by atoms with van der Waals surface area (Å²) < 4.78 is 16.8. The zero-order chi connectivity index (χ0) is 19.4. The van der Waals surface area contributed by atoms with Crippen LogP contribution in [0.1, 0.15) is 24.5 Å². The van der Waals surface area contributed by atoms with Gasteiger partial charge in [0.2, 0.25) is 5.90 Å². The van der Waals surface area contributed by atoms with Crippen molar-refractivity contribution in [2.45, 2.75) is 13.3 Å². The second kappa shape index (κ2) is 8.34. The maximum Gasteiger partial charge on any atom is 0.363 e. The van der Waals surface area contributed by atoms with Gasteiger partial charge in [-0.05, 0) is 64.6 Å². The zero-order valence-electron chi connectivity index (χ0n) is 14.7. The topological polar surface area (TPSA) is 74.2 Å². The van der Waals surface area contributed by atoms with Crippen molar-refractivity contribution in [2.75, 3.05) is 7.11 Å². The molecule has 2 aromatic carbocycles. The summed E-state index contributed by atoms with van der Waals surface area (Å²) in [6, 6.07) is 12.5. The number of benzene rings is 2. The van der Waals surface area contributed by atoms with Crippen LogP contribution < -0.4 is 9.47 Å². The lowest BCUT2D eigenvalue weighted by Crippen LogP contribution is -2.07. The number of carbonyl (C=O) groups is 2. The molecule has 0 spiro atoms. The first-order valence-electron chi connectivity index (χ1n) is 8.17. The lowest BCUT2D eigenvalue weighted by atomic mass is 10.1. The van der Waals surface area contributed by atoms with Crippen molar-refractivity contribution in [3.63, 3.8) is 0 Å². The number of methoxy groups -OCH3 is 1. The minimum absolute atomic E-state index is 0.168. The molecule has 0 atom stereocenters. The Morgan fingerprint density at radius 1 is 1.22 bits per heavy atom. The Morgan fingerprint density at radius 3 is 2.74 bits per heavy atom. The molecule has 138 valence electrons. The van der Waals surface area contributed by atoms with Crippen LogP contribution in [0.3, 0.4) is 0 Å². The Kier molecular flexibility index (Phi) is 5.90. The Labute approximate surface area is 170 Å². The monoisotopic (exact) mass is 477 g/mol. The molecule has 0 radical (unpaired) electrons. The number of rotatable bonds is 5. The highest BCUT2D eigenvalue weighted by Crippen LogP contribution is 2.30. The lowest BCUT2D eigenvalue weighted by molar-refractivity contribution is -0.134. The van der Waals surface area contributed by atoms with Crippen molar-refractivity contribution < 1.29 is 23.8 Å². The molecule has 7 heteroatoms. The second-order valence-electron chi connectivity index (χ2n) is 5.58. The van der Waals surface area contributed by atoms with Gasteiger partial charge in [-0.3, -0.25) is 4.79 Å². The molecule has 1 aliphatic rings. The molecule has 27 heavy (non-hydrogen) atoms. The Hall–Kier alpha value is -2.68. The Morgan fingerprint density at radius 2 is 2.04 bits per heavy atom. The molecule has 0 N–H and O–H groups in total. The third-order valence-electron chi connectivity index (χ3n) is 3.70. The molecule has 6 nitrogen and oxygen atoms in total.